The minimum absolute atomic E-state index is 0.551. The number of nitrogens with two attached hydrogens (primary N) is 1. The fourth-order valence-corrected chi connectivity index (χ4v) is 2.51. The Morgan fingerprint density at radius 2 is 2.10 bits per heavy atom. The topological polar surface area (TPSA) is 85.5 Å². The van der Waals surface area contributed by atoms with Crippen molar-refractivity contribution in [1.29, 1.82) is 0 Å². The maximum absolute atomic E-state index is 5.52. The minimum Gasteiger partial charge on any atom is -0.497 e. The molecule has 1 fully saturated rings. The summed E-state index contributed by atoms with van der Waals surface area (Å²) in [5.74, 6) is 6.84. The largest absolute Gasteiger partial charge is 0.497 e. The van der Waals surface area contributed by atoms with Crippen LogP contribution in [0.3, 0.4) is 0 Å². The maximum Gasteiger partial charge on any atom is 0.170 e. The molecule has 1 saturated heterocycles. The summed E-state index contributed by atoms with van der Waals surface area (Å²) in [5, 5.41) is 10.4. The van der Waals surface area contributed by atoms with Crippen LogP contribution in [0.5, 0.6) is 5.75 Å². The van der Waals surface area contributed by atoms with E-state index in [0.717, 1.165) is 55.1 Å². The van der Waals surface area contributed by atoms with Crippen molar-refractivity contribution in [3.63, 3.8) is 0 Å². The Labute approximate surface area is 123 Å². The van der Waals surface area contributed by atoms with E-state index in [1.807, 2.05) is 18.2 Å². The van der Waals surface area contributed by atoms with Crippen LogP contribution in [0, 0.1) is 0 Å². The number of morpholine rings is 1. The van der Waals surface area contributed by atoms with Crippen molar-refractivity contribution in [2.75, 3.05) is 38.8 Å². The number of hydrogen-bond acceptors (Lipinski definition) is 7. The van der Waals surface area contributed by atoms with E-state index in [4.69, 9.17) is 15.3 Å². The van der Waals surface area contributed by atoms with Gasteiger partial charge < -0.3 is 14.9 Å². The fourth-order valence-electron chi connectivity index (χ4n) is 2.51. The van der Waals surface area contributed by atoms with Crippen LogP contribution in [0.15, 0.2) is 18.2 Å². The third kappa shape index (κ3) is 2.90. The number of anilines is 1. The lowest BCUT2D eigenvalue weighted by Crippen LogP contribution is -2.36. The van der Waals surface area contributed by atoms with E-state index >= 15 is 0 Å². The molecule has 0 atom stereocenters. The highest BCUT2D eigenvalue weighted by atomic mass is 16.5. The number of hydrogen-bond donors (Lipinski definition) is 2. The predicted octanol–water partition coefficient (Wildman–Crippen LogP) is 0.756. The number of aromatic nitrogens is 2. The molecule has 0 spiro atoms. The lowest BCUT2D eigenvalue weighted by molar-refractivity contribution is 0.0337. The Hall–Kier alpha value is -1.96. The molecule has 0 aliphatic carbocycles. The van der Waals surface area contributed by atoms with E-state index in [2.05, 4.69) is 20.5 Å². The molecule has 3 rings (SSSR count). The smallest absolute Gasteiger partial charge is 0.170 e. The predicted molar refractivity (Wildman–Crippen MR) is 80.0 cm³/mol. The summed E-state index contributed by atoms with van der Waals surface area (Å²) < 4.78 is 10.6. The molecule has 1 aromatic heterocycles. The van der Waals surface area contributed by atoms with E-state index < -0.39 is 0 Å². The lowest BCUT2D eigenvalue weighted by atomic mass is 10.1. The van der Waals surface area contributed by atoms with Gasteiger partial charge in [-0.15, -0.1) is 5.10 Å². The standard InChI is InChI=1S/C14H19N5O2/c1-20-10-2-3-11-12(8-10)14(16-15)18-17-13(11)9-19-4-6-21-7-5-19/h2-3,8H,4-7,9,15H2,1H3,(H,16,18). The normalized spacial score (nSPS) is 16.1. The zero-order chi connectivity index (χ0) is 14.7. The van der Waals surface area contributed by atoms with E-state index in [1.165, 1.54) is 0 Å². The van der Waals surface area contributed by atoms with E-state index in [9.17, 15) is 0 Å². The molecule has 112 valence electrons. The van der Waals surface area contributed by atoms with Crippen molar-refractivity contribution in [2.45, 2.75) is 6.54 Å². The zero-order valence-corrected chi connectivity index (χ0v) is 12.0. The van der Waals surface area contributed by atoms with Crippen LogP contribution >= 0.6 is 0 Å². The van der Waals surface area contributed by atoms with E-state index in [-0.39, 0.29) is 0 Å². The van der Waals surface area contributed by atoms with Gasteiger partial charge in [-0.3, -0.25) is 4.90 Å². The van der Waals surface area contributed by atoms with Crippen LogP contribution in [0.1, 0.15) is 5.69 Å². The molecule has 2 heterocycles. The highest BCUT2D eigenvalue weighted by molar-refractivity contribution is 5.93. The molecule has 1 aliphatic rings. The molecule has 21 heavy (non-hydrogen) atoms. The van der Waals surface area contributed by atoms with Gasteiger partial charge in [-0.2, -0.15) is 5.10 Å². The fraction of sp³-hybridized carbons (Fsp3) is 0.429. The van der Waals surface area contributed by atoms with Gasteiger partial charge >= 0.3 is 0 Å². The number of fused-ring (bicyclic) bond motifs is 1. The van der Waals surface area contributed by atoms with Crippen molar-refractivity contribution in [3.8, 4) is 5.75 Å². The van der Waals surface area contributed by atoms with Gasteiger partial charge in [-0.05, 0) is 18.2 Å². The van der Waals surface area contributed by atoms with Crippen molar-refractivity contribution < 1.29 is 9.47 Å². The number of nitrogen functional groups attached to an aromatic ring is 1. The SMILES string of the molecule is COc1ccc2c(CN3CCOCC3)nnc(NN)c2c1. The molecule has 7 heteroatoms. The van der Waals surface area contributed by atoms with Crippen molar-refractivity contribution in [3.05, 3.63) is 23.9 Å². The Morgan fingerprint density at radius 1 is 1.29 bits per heavy atom. The highest BCUT2D eigenvalue weighted by Crippen LogP contribution is 2.27. The molecule has 2 aromatic rings. The summed E-state index contributed by atoms with van der Waals surface area (Å²) in [5.41, 5.74) is 3.53. The number of nitrogens with one attached hydrogen (secondary N) is 1. The van der Waals surface area contributed by atoms with Gasteiger partial charge in [0.2, 0.25) is 0 Å². The molecule has 1 aromatic carbocycles. The Morgan fingerprint density at radius 3 is 2.81 bits per heavy atom. The third-order valence-electron chi connectivity index (χ3n) is 3.68. The number of benzene rings is 1. The molecular weight excluding hydrogens is 270 g/mol. The molecule has 0 saturated carbocycles. The van der Waals surface area contributed by atoms with Crippen molar-refractivity contribution in [2.24, 2.45) is 5.84 Å². The molecule has 3 N–H and O–H groups in total. The summed E-state index contributed by atoms with van der Waals surface area (Å²) >= 11 is 0. The molecule has 0 bridgehead atoms. The number of nitrogens with zero attached hydrogens (tertiary/aromatic N) is 3. The first-order valence-electron chi connectivity index (χ1n) is 6.92. The summed E-state index contributed by atoms with van der Waals surface area (Å²) in [6, 6.07) is 5.84. The van der Waals surface area contributed by atoms with E-state index in [0.29, 0.717) is 5.82 Å². The second-order valence-electron chi connectivity index (χ2n) is 4.94. The maximum atomic E-state index is 5.52. The summed E-state index contributed by atoms with van der Waals surface area (Å²) in [7, 11) is 1.64. The van der Waals surface area contributed by atoms with Gasteiger partial charge in [0.05, 0.1) is 26.0 Å². The van der Waals surface area contributed by atoms with Gasteiger partial charge in [0.25, 0.3) is 0 Å². The van der Waals surface area contributed by atoms with Crippen LogP contribution in [0.2, 0.25) is 0 Å². The third-order valence-corrected chi connectivity index (χ3v) is 3.68. The number of hydrazine groups is 1. The number of ether oxygens (including phenoxy) is 2. The van der Waals surface area contributed by atoms with Gasteiger partial charge in [0, 0.05) is 30.4 Å². The monoisotopic (exact) mass is 289 g/mol. The summed E-state index contributed by atoms with van der Waals surface area (Å²) in [4.78, 5) is 2.31. The molecule has 0 radical (unpaired) electrons. The van der Waals surface area contributed by atoms with Crippen LogP contribution in [0.25, 0.3) is 10.8 Å². The van der Waals surface area contributed by atoms with E-state index in [1.54, 1.807) is 7.11 Å². The Kier molecular flexibility index (Phi) is 4.14. The average Bonchev–Trinajstić information content (AvgIpc) is 2.55. The van der Waals surface area contributed by atoms with Crippen LogP contribution in [0.4, 0.5) is 5.82 Å². The molecule has 0 amide bonds. The lowest BCUT2D eigenvalue weighted by Gasteiger charge is -2.26. The Balaban J connectivity index is 1.98. The molecule has 1 aliphatic heterocycles. The first kappa shape index (κ1) is 14.0. The molecule has 0 unspecified atom stereocenters. The van der Waals surface area contributed by atoms with Crippen LogP contribution in [-0.2, 0) is 11.3 Å². The Bertz CT molecular complexity index is 628. The quantitative estimate of drug-likeness (QED) is 0.634. The van der Waals surface area contributed by atoms with Gasteiger partial charge in [-0.1, -0.05) is 0 Å². The summed E-state index contributed by atoms with van der Waals surface area (Å²) in [6.45, 7) is 4.11. The zero-order valence-electron chi connectivity index (χ0n) is 12.0. The van der Waals surface area contributed by atoms with Crippen molar-refractivity contribution >= 4 is 16.6 Å². The van der Waals surface area contributed by atoms with Gasteiger partial charge in [-0.25, -0.2) is 5.84 Å². The number of methoxy groups -OCH3 is 1. The average molecular weight is 289 g/mol. The van der Waals surface area contributed by atoms with Gasteiger partial charge in [0.15, 0.2) is 5.82 Å². The molecular formula is C14H19N5O2. The van der Waals surface area contributed by atoms with Crippen molar-refractivity contribution in [1.82, 2.24) is 15.1 Å². The van der Waals surface area contributed by atoms with Gasteiger partial charge in [0.1, 0.15) is 5.75 Å². The first-order chi connectivity index (χ1) is 10.3. The number of rotatable bonds is 4. The van der Waals surface area contributed by atoms with Crippen LogP contribution < -0.4 is 16.0 Å². The second kappa shape index (κ2) is 6.21. The minimum atomic E-state index is 0.551. The first-order valence-corrected chi connectivity index (χ1v) is 6.92. The highest BCUT2D eigenvalue weighted by Gasteiger charge is 2.15. The second-order valence-corrected chi connectivity index (χ2v) is 4.94. The summed E-state index contributed by atoms with van der Waals surface area (Å²) in [6.07, 6.45) is 0. The van der Waals surface area contributed by atoms with Crippen LogP contribution in [-0.4, -0.2) is 48.5 Å². The molecule has 7 nitrogen and oxygen atoms in total.